The molecule has 6 heteroatoms. The number of hydrogen-bond donors (Lipinski definition) is 1. The van der Waals surface area contributed by atoms with Crippen molar-refractivity contribution in [1.29, 1.82) is 0 Å². The quantitative estimate of drug-likeness (QED) is 0.872. The van der Waals surface area contributed by atoms with Crippen LogP contribution >= 0.6 is 0 Å². The highest BCUT2D eigenvalue weighted by atomic mass is 16.5. The lowest BCUT2D eigenvalue weighted by atomic mass is 10.2. The lowest BCUT2D eigenvalue weighted by molar-refractivity contribution is 0.252. The summed E-state index contributed by atoms with van der Waals surface area (Å²) >= 11 is 0. The van der Waals surface area contributed by atoms with E-state index in [2.05, 4.69) is 5.16 Å². The lowest BCUT2D eigenvalue weighted by Gasteiger charge is -2.14. The summed E-state index contributed by atoms with van der Waals surface area (Å²) in [5, 5.41) is 13.1. The first-order chi connectivity index (χ1) is 9.67. The molecule has 1 heterocycles. The van der Waals surface area contributed by atoms with Crippen molar-refractivity contribution in [2.75, 3.05) is 14.2 Å². The average molecular weight is 279 g/mol. The van der Waals surface area contributed by atoms with Gasteiger partial charge in [0.2, 0.25) is 5.75 Å². The zero-order valence-corrected chi connectivity index (χ0v) is 11.7. The van der Waals surface area contributed by atoms with Crippen LogP contribution in [-0.4, -0.2) is 24.5 Å². The maximum atomic E-state index is 9.20. The van der Waals surface area contributed by atoms with E-state index in [4.69, 9.17) is 18.7 Å². The summed E-state index contributed by atoms with van der Waals surface area (Å²) in [6, 6.07) is 5.19. The molecule has 20 heavy (non-hydrogen) atoms. The minimum atomic E-state index is -0.102. The van der Waals surface area contributed by atoms with Gasteiger partial charge in [-0.25, -0.2) is 0 Å². The van der Waals surface area contributed by atoms with Gasteiger partial charge in [-0.15, -0.1) is 0 Å². The summed E-state index contributed by atoms with van der Waals surface area (Å²) in [5.74, 6) is 2.17. The number of ether oxygens (including phenoxy) is 3. The number of methoxy groups -OCH3 is 2. The third kappa shape index (κ3) is 3.03. The van der Waals surface area contributed by atoms with Gasteiger partial charge in [0, 0.05) is 6.07 Å². The Balaban J connectivity index is 2.24. The van der Waals surface area contributed by atoms with Crippen molar-refractivity contribution in [3.8, 4) is 17.2 Å². The fraction of sp³-hybridized carbons (Fsp3) is 0.357. The number of rotatable bonds is 6. The standard InChI is InChI=1S/C14H17NO5/c1-9-4-11(15-20-9)8-19-14-12(17-2)5-10(7-16)6-13(14)18-3/h4-6,16H,7-8H2,1-3H3. The highest BCUT2D eigenvalue weighted by molar-refractivity contribution is 5.53. The van der Waals surface area contributed by atoms with E-state index < -0.39 is 0 Å². The summed E-state index contributed by atoms with van der Waals surface area (Å²) in [5.41, 5.74) is 1.36. The van der Waals surface area contributed by atoms with Crippen LogP contribution in [-0.2, 0) is 13.2 Å². The fourth-order valence-corrected chi connectivity index (χ4v) is 1.80. The normalized spacial score (nSPS) is 10.4. The van der Waals surface area contributed by atoms with Gasteiger partial charge in [0.15, 0.2) is 11.5 Å². The van der Waals surface area contributed by atoms with Crippen LogP contribution in [0.5, 0.6) is 17.2 Å². The summed E-state index contributed by atoms with van der Waals surface area (Å²) in [4.78, 5) is 0. The number of hydrogen-bond acceptors (Lipinski definition) is 6. The molecular formula is C14H17NO5. The number of aromatic nitrogens is 1. The zero-order chi connectivity index (χ0) is 14.5. The number of aliphatic hydroxyl groups is 1. The molecule has 0 saturated heterocycles. The second kappa shape index (κ2) is 6.29. The molecule has 0 saturated carbocycles. The molecule has 1 N–H and O–H groups in total. The van der Waals surface area contributed by atoms with Gasteiger partial charge >= 0.3 is 0 Å². The van der Waals surface area contributed by atoms with Crippen LogP contribution in [0.2, 0.25) is 0 Å². The average Bonchev–Trinajstić information content (AvgIpc) is 2.89. The van der Waals surface area contributed by atoms with E-state index in [0.717, 1.165) is 5.76 Å². The molecule has 108 valence electrons. The van der Waals surface area contributed by atoms with E-state index in [0.29, 0.717) is 28.5 Å². The van der Waals surface area contributed by atoms with Gasteiger partial charge in [0.1, 0.15) is 18.1 Å². The van der Waals surface area contributed by atoms with E-state index in [1.54, 1.807) is 18.2 Å². The molecule has 1 aromatic carbocycles. The topological polar surface area (TPSA) is 74.0 Å². The fourth-order valence-electron chi connectivity index (χ4n) is 1.80. The van der Waals surface area contributed by atoms with Crippen molar-refractivity contribution in [3.63, 3.8) is 0 Å². The minimum absolute atomic E-state index is 0.102. The van der Waals surface area contributed by atoms with Crippen molar-refractivity contribution >= 4 is 0 Å². The van der Waals surface area contributed by atoms with Gasteiger partial charge in [-0.2, -0.15) is 0 Å². The minimum Gasteiger partial charge on any atom is -0.493 e. The molecule has 1 aromatic heterocycles. The van der Waals surface area contributed by atoms with Crippen molar-refractivity contribution < 1.29 is 23.8 Å². The second-order valence-corrected chi connectivity index (χ2v) is 4.21. The molecule has 6 nitrogen and oxygen atoms in total. The number of aliphatic hydroxyl groups excluding tert-OH is 1. The molecule has 0 spiro atoms. The third-order valence-electron chi connectivity index (χ3n) is 2.74. The van der Waals surface area contributed by atoms with Crippen LogP contribution in [0.1, 0.15) is 17.0 Å². The first-order valence-electron chi connectivity index (χ1n) is 6.08. The second-order valence-electron chi connectivity index (χ2n) is 4.21. The zero-order valence-electron chi connectivity index (χ0n) is 11.7. The highest BCUT2D eigenvalue weighted by Crippen LogP contribution is 2.39. The van der Waals surface area contributed by atoms with Gasteiger partial charge in [-0.1, -0.05) is 5.16 Å². The molecule has 0 aliphatic heterocycles. The number of benzene rings is 1. The van der Waals surface area contributed by atoms with E-state index in [9.17, 15) is 5.11 Å². The maximum absolute atomic E-state index is 9.20. The molecule has 0 aliphatic carbocycles. The highest BCUT2D eigenvalue weighted by Gasteiger charge is 2.15. The molecule has 0 fully saturated rings. The molecular weight excluding hydrogens is 262 g/mol. The van der Waals surface area contributed by atoms with Gasteiger partial charge in [-0.3, -0.25) is 0 Å². The number of nitrogens with zero attached hydrogens (tertiary/aromatic N) is 1. The Hall–Kier alpha value is -2.21. The van der Waals surface area contributed by atoms with Crippen LogP contribution < -0.4 is 14.2 Å². The van der Waals surface area contributed by atoms with Crippen molar-refractivity contribution in [3.05, 3.63) is 35.2 Å². The Labute approximate surface area is 116 Å². The Kier molecular flexibility index (Phi) is 4.47. The molecule has 2 aromatic rings. The van der Waals surface area contributed by atoms with Gasteiger partial charge < -0.3 is 23.8 Å². The van der Waals surface area contributed by atoms with Crippen LogP contribution in [0.25, 0.3) is 0 Å². The first-order valence-corrected chi connectivity index (χ1v) is 6.08. The smallest absolute Gasteiger partial charge is 0.203 e. The van der Waals surface area contributed by atoms with Crippen LogP contribution in [0.15, 0.2) is 22.7 Å². The SMILES string of the molecule is COc1cc(CO)cc(OC)c1OCc1cc(C)on1. The third-order valence-corrected chi connectivity index (χ3v) is 2.74. The van der Waals surface area contributed by atoms with Crippen molar-refractivity contribution in [2.45, 2.75) is 20.1 Å². The van der Waals surface area contributed by atoms with E-state index in [-0.39, 0.29) is 13.2 Å². The summed E-state index contributed by atoms with van der Waals surface area (Å²) in [6.45, 7) is 1.95. The van der Waals surface area contributed by atoms with Crippen molar-refractivity contribution in [1.82, 2.24) is 5.16 Å². The Bertz CT molecular complexity index is 554. The Morgan fingerprint density at radius 1 is 1.15 bits per heavy atom. The summed E-state index contributed by atoms with van der Waals surface area (Å²) < 4.78 is 21.2. The first kappa shape index (κ1) is 14.2. The predicted octanol–water partition coefficient (Wildman–Crippen LogP) is 2.07. The molecule has 0 radical (unpaired) electrons. The molecule has 0 bridgehead atoms. The Morgan fingerprint density at radius 2 is 1.80 bits per heavy atom. The maximum Gasteiger partial charge on any atom is 0.203 e. The van der Waals surface area contributed by atoms with Gasteiger partial charge in [0.25, 0.3) is 0 Å². The van der Waals surface area contributed by atoms with Crippen molar-refractivity contribution in [2.24, 2.45) is 0 Å². The van der Waals surface area contributed by atoms with Crippen LogP contribution in [0.4, 0.5) is 0 Å². The van der Waals surface area contributed by atoms with Crippen LogP contribution in [0.3, 0.4) is 0 Å². The summed E-state index contributed by atoms with van der Waals surface area (Å²) in [7, 11) is 3.06. The summed E-state index contributed by atoms with van der Waals surface area (Å²) in [6.07, 6.45) is 0. The largest absolute Gasteiger partial charge is 0.493 e. The molecule has 0 atom stereocenters. The van der Waals surface area contributed by atoms with E-state index in [1.807, 2.05) is 6.92 Å². The number of aryl methyl sites for hydroxylation is 1. The van der Waals surface area contributed by atoms with E-state index >= 15 is 0 Å². The molecule has 0 aliphatic rings. The van der Waals surface area contributed by atoms with E-state index in [1.165, 1.54) is 14.2 Å². The van der Waals surface area contributed by atoms with Gasteiger partial charge in [-0.05, 0) is 24.6 Å². The Morgan fingerprint density at radius 3 is 2.25 bits per heavy atom. The molecule has 0 amide bonds. The lowest BCUT2D eigenvalue weighted by Crippen LogP contribution is -2.01. The molecule has 2 rings (SSSR count). The predicted molar refractivity (Wildman–Crippen MR) is 71.0 cm³/mol. The molecule has 0 unspecified atom stereocenters. The monoisotopic (exact) mass is 279 g/mol. The van der Waals surface area contributed by atoms with Gasteiger partial charge in [0.05, 0.1) is 20.8 Å². The van der Waals surface area contributed by atoms with Crippen LogP contribution in [0, 0.1) is 6.92 Å².